The fourth-order valence-corrected chi connectivity index (χ4v) is 6.27. The molecule has 0 saturated heterocycles. The van der Waals surface area contributed by atoms with Crippen LogP contribution >= 0.6 is 7.60 Å². The first-order chi connectivity index (χ1) is 7.18. The number of hydrogen-bond donors (Lipinski definition) is 0. The van der Waals surface area contributed by atoms with Crippen LogP contribution < -0.4 is 0 Å². The Bertz CT molecular complexity index is 334. The van der Waals surface area contributed by atoms with Crippen LogP contribution in [0.3, 0.4) is 0 Å². The Morgan fingerprint density at radius 2 is 1.73 bits per heavy atom. The van der Waals surface area contributed by atoms with Gasteiger partial charge in [0.25, 0.3) is 0 Å². The second-order valence-electron chi connectivity index (χ2n) is 2.90. The van der Waals surface area contributed by atoms with E-state index in [1.54, 1.807) is 0 Å². The Labute approximate surface area is 96.9 Å². The van der Waals surface area contributed by atoms with E-state index in [0.29, 0.717) is 0 Å². The van der Waals surface area contributed by atoms with Crippen LogP contribution in [0.2, 0.25) is 5.82 Å². The Kier molecular flexibility index (Phi) is 5.04. The molecule has 3 nitrogen and oxygen atoms in total. The molecule has 0 bridgehead atoms. The molecule has 1 rings (SSSR count). The van der Waals surface area contributed by atoms with Crippen molar-refractivity contribution in [2.24, 2.45) is 0 Å². The summed E-state index contributed by atoms with van der Waals surface area (Å²) in [5.74, 6) is 2.04. The van der Waals surface area contributed by atoms with Gasteiger partial charge in [0.1, 0.15) is 0 Å². The van der Waals surface area contributed by atoms with Gasteiger partial charge in [-0.3, -0.25) is 0 Å². The van der Waals surface area contributed by atoms with Crippen molar-refractivity contribution in [3.63, 3.8) is 0 Å². The molecule has 0 aliphatic rings. The van der Waals surface area contributed by atoms with Gasteiger partial charge in [0.15, 0.2) is 0 Å². The van der Waals surface area contributed by atoms with Crippen LogP contribution in [-0.2, 0) is 13.6 Å². The summed E-state index contributed by atoms with van der Waals surface area (Å²) in [6.45, 7) is 0. The van der Waals surface area contributed by atoms with E-state index in [1.807, 2.05) is 36.2 Å². The topological polar surface area (TPSA) is 35.5 Å². The Morgan fingerprint density at radius 3 is 2.13 bits per heavy atom. The summed E-state index contributed by atoms with van der Waals surface area (Å²) < 4.78 is 22.2. The van der Waals surface area contributed by atoms with Crippen LogP contribution in [0.15, 0.2) is 30.3 Å². The summed E-state index contributed by atoms with van der Waals surface area (Å²) in [4.78, 5) is 0. The molecule has 15 heavy (non-hydrogen) atoms. The van der Waals surface area contributed by atoms with Crippen LogP contribution in [-0.4, -0.2) is 29.2 Å². The molecule has 0 spiro atoms. The summed E-state index contributed by atoms with van der Waals surface area (Å²) in [7, 11) is -0.112. The minimum atomic E-state index is -2.99. The monoisotopic (exact) mass is 294 g/mol. The van der Waals surface area contributed by atoms with E-state index >= 15 is 0 Å². The molecule has 0 amide bonds. The van der Waals surface area contributed by atoms with E-state index < -0.39 is 7.60 Å². The van der Waals surface area contributed by atoms with E-state index in [-0.39, 0.29) is 19.5 Å². The normalized spacial score (nSPS) is 13.8. The summed E-state index contributed by atoms with van der Waals surface area (Å²) in [6.07, 6.45) is 0. The summed E-state index contributed by atoms with van der Waals surface area (Å²) in [5.41, 5.74) is 1.02. The third-order valence-electron chi connectivity index (χ3n) is 2.10. The van der Waals surface area contributed by atoms with Gasteiger partial charge in [-0.25, -0.2) is 0 Å². The van der Waals surface area contributed by atoms with Gasteiger partial charge in [0, 0.05) is 0 Å². The quantitative estimate of drug-likeness (QED) is 0.618. The second-order valence-corrected chi connectivity index (χ2v) is 7.99. The molecule has 0 radical (unpaired) electrons. The van der Waals surface area contributed by atoms with Gasteiger partial charge in [-0.05, 0) is 0 Å². The molecular weight excluding hydrogens is 278 g/mol. The Morgan fingerprint density at radius 1 is 1.20 bits per heavy atom. The zero-order valence-electron chi connectivity index (χ0n) is 9.04. The van der Waals surface area contributed by atoms with Crippen LogP contribution in [0.4, 0.5) is 0 Å². The van der Waals surface area contributed by atoms with E-state index in [2.05, 4.69) is 0 Å². The first-order valence-electron chi connectivity index (χ1n) is 4.47. The van der Waals surface area contributed by atoms with Gasteiger partial charge in [-0.15, -0.1) is 0 Å². The van der Waals surface area contributed by atoms with Crippen molar-refractivity contribution in [3.8, 4) is 0 Å². The fraction of sp³-hybridized carbons (Fsp3) is 0.400. The molecule has 0 aliphatic carbocycles. The molecule has 84 valence electrons. The van der Waals surface area contributed by atoms with E-state index in [4.69, 9.17) is 9.05 Å². The van der Waals surface area contributed by atoms with Crippen LogP contribution in [0.1, 0.15) is 10.1 Å². The SMILES string of the molecule is COP(=O)(OC)C([Se]C)c1ccccc1. The van der Waals surface area contributed by atoms with Crippen molar-refractivity contribution in [3.05, 3.63) is 35.9 Å². The van der Waals surface area contributed by atoms with Gasteiger partial charge in [0.05, 0.1) is 0 Å². The molecule has 0 fully saturated rings. The van der Waals surface area contributed by atoms with Crippen molar-refractivity contribution in [1.29, 1.82) is 0 Å². The van der Waals surface area contributed by atoms with Crippen molar-refractivity contribution in [2.75, 3.05) is 14.2 Å². The number of hydrogen-bond acceptors (Lipinski definition) is 3. The van der Waals surface area contributed by atoms with Crippen LogP contribution in [0.5, 0.6) is 0 Å². The minimum absolute atomic E-state index is 0.124. The Hall–Kier alpha value is -0.111. The van der Waals surface area contributed by atoms with Gasteiger partial charge < -0.3 is 0 Å². The maximum absolute atomic E-state index is 12.3. The van der Waals surface area contributed by atoms with Crippen molar-refractivity contribution < 1.29 is 13.6 Å². The molecule has 0 saturated carbocycles. The van der Waals surface area contributed by atoms with Gasteiger partial charge in [0.2, 0.25) is 0 Å². The predicted molar refractivity (Wildman–Crippen MR) is 62.4 cm³/mol. The first kappa shape index (κ1) is 13.0. The standard InChI is InChI=1S/C10H15O3PSe/c1-12-14(11,13-2)10(15-3)9-7-5-4-6-8-9/h4-8,10H,1-3H3. The average molecular weight is 293 g/mol. The molecule has 0 N–H and O–H groups in total. The molecule has 1 aromatic rings. The second kappa shape index (κ2) is 5.83. The zero-order chi connectivity index (χ0) is 11.3. The molecule has 0 heterocycles. The molecule has 1 unspecified atom stereocenters. The molecule has 0 aliphatic heterocycles. The van der Waals surface area contributed by atoms with Gasteiger partial charge >= 0.3 is 96.7 Å². The van der Waals surface area contributed by atoms with E-state index in [9.17, 15) is 4.57 Å². The van der Waals surface area contributed by atoms with E-state index in [1.165, 1.54) is 14.2 Å². The maximum atomic E-state index is 12.3. The summed E-state index contributed by atoms with van der Waals surface area (Å²) in [6, 6.07) is 9.72. The summed E-state index contributed by atoms with van der Waals surface area (Å²) in [5, 5.41) is 0. The van der Waals surface area contributed by atoms with Crippen molar-refractivity contribution in [2.45, 2.75) is 10.4 Å². The molecule has 1 aromatic carbocycles. The predicted octanol–water partition coefficient (Wildman–Crippen LogP) is 2.92. The molecular formula is C10H15O3PSe. The summed E-state index contributed by atoms with van der Waals surface area (Å²) >= 11 is 0.170. The Balaban J connectivity index is 3.04. The third kappa shape index (κ3) is 2.93. The van der Waals surface area contributed by atoms with Crippen molar-refractivity contribution >= 4 is 22.6 Å². The van der Waals surface area contributed by atoms with E-state index in [0.717, 1.165) is 5.56 Å². The number of rotatable bonds is 5. The van der Waals surface area contributed by atoms with Crippen LogP contribution in [0.25, 0.3) is 0 Å². The molecule has 1 atom stereocenters. The van der Waals surface area contributed by atoms with Crippen LogP contribution in [0, 0.1) is 0 Å². The molecule has 5 heteroatoms. The third-order valence-corrected chi connectivity index (χ3v) is 8.22. The number of benzene rings is 1. The first-order valence-corrected chi connectivity index (χ1v) is 8.78. The average Bonchev–Trinajstić information content (AvgIpc) is 2.31. The molecule has 0 aromatic heterocycles. The fourth-order valence-electron chi connectivity index (χ4n) is 1.33. The van der Waals surface area contributed by atoms with Crippen molar-refractivity contribution in [1.82, 2.24) is 0 Å². The zero-order valence-corrected chi connectivity index (χ0v) is 11.7. The van der Waals surface area contributed by atoms with Gasteiger partial charge in [-0.2, -0.15) is 0 Å². The van der Waals surface area contributed by atoms with Gasteiger partial charge in [-0.1, -0.05) is 0 Å².